The second-order valence-corrected chi connectivity index (χ2v) is 7.88. The van der Waals surface area contributed by atoms with Gasteiger partial charge in [0.2, 0.25) is 0 Å². The molecule has 0 spiro atoms. The lowest BCUT2D eigenvalue weighted by Gasteiger charge is -2.24. The highest BCUT2D eigenvalue weighted by molar-refractivity contribution is 6.30. The maximum Gasteiger partial charge on any atom is 0.127 e. The standard InChI is InChI=1S/C26H27ClO2/c1-3-26(2,17-16-21-12-14-23(27)15-13-21)20-28-19-22-8-7-11-25(18-22)29-24-9-5-4-6-10-24/h4-18H,3,19-20H2,1-2H3/b17-16+. The molecule has 0 fully saturated rings. The molecule has 1 atom stereocenters. The van der Waals surface area contributed by atoms with Crippen LogP contribution in [0.25, 0.3) is 6.08 Å². The lowest BCUT2D eigenvalue weighted by atomic mass is 9.87. The molecule has 0 radical (unpaired) electrons. The molecule has 3 rings (SSSR count). The van der Waals surface area contributed by atoms with Gasteiger partial charge in [-0.25, -0.2) is 0 Å². The van der Waals surface area contributed by atoms with E-state index in [1.54, 1.807) is 0 Å². The SMILES string of the molecule is CCC(C)(/C=C/c1ccc(Cl)cc1)COCc1cccc(Oc2ccccc2)c1. The van der Waals surface area contributed by atoms with Crippen molar-refractivity contribution in [3.63, 3.8) is 0 Å². The first kappa shape index (κ1) is 21.2. The molecule has 1 unspecified atom stereocenters. The van der Waals surface area contributed by atoms with Gasteiger partial charge < -0.3 is 9.47 Å². The Morgan fingerprint density at radius 2 is 1.62 bits per heavy atom. The van der Waals surface area contributed by atoms with Crippen LogP contribution in [0.4, 0.5) is 0 Å². The molecule has 0 N–H and O–H groups in total. The van der Waals surface area contributed by atoms with Crippen molar-refractivity contribution in [2.24, 2.45) is 5.41 Å². The third-order valence-electron chi connectivity index (χ3n) is 4.93. The molecule has 0 bridgehead atoms. The summed E-state index contributed by atoms with van der Waals surface area (Å²) in [5, 5.41) is 0.752. The highest BCUT2D eigenvalue weighted by Gasteiger charge is 2.18. The Kier molecular flexibility index (Phi) is 7.51. The lowest BCUT2D eigenvalue weighted by Crippen LogP contribution is -2.19. The molecule has 150 valence electrons. The number of hydrogen-bond acceptors (Lipinski definition) is 2. The molecule has 0 heterocycles. The Morgan fingerprint density at radius 1 is 0.897 bits per heavy atom. The first-order valence-corrected chi connectivity index (χ1v) is 10.3. The summed E-state index contributed by atoms with van der Waals surface area (Å²) >= 11 is 5.96. The van der Waals surface area contributed by atoms with Crippen LogP contribution < -0.4 is 4.74 Å². The van der Waals surface area contributed by atoms with Crippen molar-refractivity contribution in [3.8, 4) is 11.5 Å². The van der Waals surface area contributed by atoms with Crippen LogP contribution in [0.5, 0.6) is 11.5 Å². The van der Waals surface area contributed by atoms with E-state index < -0.39 is 0 Å². The average Bonchev–Trinajstić information content (AvgIpc) is 2.74. The zero-order valence-electron chi connectivity index (χ0n) is 17.0. The molecule has 0 aliphatic carbocycles. The van der Waals surface area contributed by atoms with Crippen LogP contribution in [0, 0.1) is 5.41 Å². The monoisotopic (exact) mass is 406 g/mol. The topological polar surface area (TPSA) is 18.5 Å². The quantitative estimate of drug-likeness (QED) is 0.361. The molecule has 0 aliphatic heterocycles. The van der Waals surface area contributed by atoms with Crippen molar-refractivity contribution in [3.05, 3.63) is 101 Å². The predicted octanol–water partition coefficient (Wildman–Crippen LogP) is 7.78. The zero-order chi connectivity index (χ0) is 20.5. The predicted molar refractivity (Wildman–Crippen MR) is 121 cm³/mol. The third-order valence-corrected chi connectivity index (χ3v) is 5.19. The first-order chi connectivity index (χ1) is 14.1. The van der Waals surface area contributed by atoms with Gasteiger partial charge in [-0.05, 0) is 53.9 Å². The number of para-hydroxylation sites is 1. The Morgan fingerprint density at radius 3 is 2.34 bits per heavy atom. The molecule has 0 saturated carbocycles. The first-order valence-electron chi connectivity index (χ1n) is 9.91. The normalized spacial score (nSPS) is 13.3. The van der Waals surface area contributed by atoms with E-state index in [1.807, 2.05) is 72.8 Å². The van der Waals surface area contributed by atoms with Gasteiger partial charge in [-0.3, -0.25) is 0 Å². The fraction of sp³-hybridized carbons (Fsp3) is 0.231. The summed E-state index contributed by atoms with van der Waals surface area (Å²) in [6, 6.07) is 25.7. The Labute approximate surface area is 178 Å². The van der Waals surface area contributed by atoms with Crippen molar-refractivity contribution >= 4 is 17.7 Å². The number of ether oxygens (including phenoxy) is 2. The molecule has 0 aromatic heterocycles. The summed E-state index contributed by atoms with van der Waals surface area (Å²) in [6.07, 6.45) is 5.36. The largest absolute Gasteiger partial charge is 0.457 e. The van der Waals surface area contributed by atoms with Gasteiger partial charge in [-0.1, -0.05) is 80.1 Å². The minimum atomic E-state index is -0.0300. The van der Waals surface area contributed by atoms with Gasteiger partial charge >= 0.3 is 0 Å². The fourth-order valence-electron chi connectivity index (χ4n) is 2.86. The molecule has 29 heavy (non-hydrogen) atoms. The van der Waals surface area contributed by atoms with Crippen molar-refractivity contribution in [2.75, 3.05) is 6.61 Å². The van der Waals surface area contributed by atoms with Crippen molar-refractivity contribution < 1.29 is 9.47 Å². The van der Waals surface area contributed by atoms with Gasteiger partial charge in [0.25, 0.3) is 0 Å². The van der Waals surface area contributed by atoms with Crippen LogP contribution in [-0.4, -0.2) is 6.61 Å². The maximum absolute atomic E-state index is 6.06. The average molecular weight is 407 g/mol. The van der Waals surface area contributed by atoms with Crippen molar-refractivity contribution in [1.29, 1.82) is 0 Å². The van der Waals surface area contributed by atoms with Crippen LogP contribution in [0.3, 0.4) is 0 Å². The summed E-state index contributed by atoms with van der Waals surface area (Å²) in [5.41, 5.74) is 2.20. The zero-order valence-corrected chi connectivity index (χ0v) is 17.7. The Bertz CT molecular complexity index is 919. The van der Waals surface area contributed by atoms with Crippen LogP contribution in [0.15, 0.2) is 84.9 Å². The van der Waals surface area contributed by atoms with Crippen LogP contribution in [-0.2, 0) is 11.3 Å². The van der Waals surface area contributed by atoms with E-state index in [2.05, 4.69) is 32.1 Å². The van der Waals surface area contributed by atoms with Gasteiger partial charge in [-0.15, -0.1) is 0 Å². The van der Waals surface area contributed by atoms with Gasteiger partial charge in [0.05, 0.1) is 13.2 Å². The van der Waals surface area contributed by atoms with E-state index in [0.717, 1.165) is 34.1 Å². The van der Waals surface area contributed by atoms with E-state index in [1.165, 1.54) is 0 Å². The molecular weight excluding hydrogens is 380 g/mol. The number of hydrogen-bond donors (Lipinski definition) is 0. The highest BCUT2D eigenvalue weighted by atomic mass is 35.5. The fourth-order valence-corrected chi connectivity index (χ4v) is 2.99. The molecule has 3 aromatic carbocycles. The number of halogens is 1. The molecule has 0 saturated heterocycles. The molecule has 0 aliphatic rings. The third kappa shape index (κ3) is 6.77. The van der Waals surface area contributed by atoms with E-state index >= 15 is 0 Å². The van der Waals surface area contributed by atoms with E-state index in [9.17, 15) is 0 Å². The van der Waals surface area contributed by atoms with Gasteiger partial charge in [-0.2, -0.15) is 0 Å². The van der Waals surface area contributed by atoms with Crippen LogP contribution in [0.1, 0.15) is 31.4 Å². The van der Waals surface area contributed by atoms with Gasteiger partial charge in [0.1, 0.15) is 11.5 Å². The van der Waals surface area contributed by atoms with E-state index in [4.69, 9.17) is 21.1 Å². The molecule has 0 amide bonds. The highest BCUT2D eigenvalue weighted by Crippen LogP contribution is 2.26. The summed E-state index contributed by atoms with van der Waals surface area (Å²) in [4.78, 5) is 0. The van der Waals surface area contributed by atoms with Gasteiger partial charge in [0.15, 0.2) is 0 Å². The van der Waals surface area contributed by atoms with Crippen LogP contribution >= 0.6 is 11.6 Å². The Hall–Kier alpha value is -2.55. The van der Waals surface area contributed by atoms with E-state index in [0.29, 0.717) is 13.2 Å². The van der Waals surface area contributed by atoms with Gasteiger partial charge in [0, 0.05) is 10.4 Å². The molecular formula is C26H27ClO2. The summed E-state index contributed by atoms with van der Waals surface area (Å²) < 4.78 is 12.0. The smallest absolute Gasteiger partial charge is 0.127 e. The number of benzene rings is 3. The maximum atomic E-state index is 6.06. The second kappa shape index (κ2) is 10.3. The Balaban J connectivity index is 1.56. The lowest BCUT2D eigenvalue weighted by molar-refractivity contribution is 0.0629. The summed E-state index contributed by atoms with van der Waals surface area (Å²) in [5.74, 6) is 1.65. The second-order valence-electron chi connectivity index (χ2n) is 7.45. The van der Waals surface area contributed by atoms with E-state index in [-0.39, 0.29) is 5.41 Å². The molecule has 3 heteroatoms. The minimum Gasteiger partial charge on any atom is -0.457 e. The summed E-state index contributed by atoms with van der Waals surface area (Å²) in [7, 11) is 0. The van der Waals surface area contributed by atoms with Crippen LogP contribution in [0.2, 0.25) is 5.02 Å². The van der Waals surface area contributed by atoms with Crippen molar-refractivity contribution in [2.45, 2.75) is 26.9 Å². The van der Waals surface area contributed by atoms with Crippen molar-refractivity contribution in [1.82, 2.24) is 0 Å². The molecule has 3 aromatic rings. The molecule has 2 nitrogen and oxygen atoms in total. The minimum absolute atomic E-state index is 0.0300. The summed E-state index contributed by atoms with van der Waals surface area (Å²) in [6.45, 7) is 5.60. The number of rotatable bonds is 9.